The molecule has 1 saturated heterocycles. The van der Waals surface area contributed by atoms with Gasteiger partial charge in [0.05, 0.1) is 19.4 Å². The fraction of sp³-hybridized carbons (Fsp3) is 0.657. The number of ether oxygens (including phenoxy) is 3. The Bertz CT molecular complexity index is 1390. The van der Waals surface area contributed by atoms with Crippen LogP contribution in [0.25, 0.3) is 0 Å². The average Bonchev–Trinajstić information content (AvgIpc) is 3.55. The van der Waals surface area contributed by atoms with Gasteiger partial charge in [0.15, 0.2) is 12.5 Å². The van der Waals surface area contributed by atoms with Crippen LogP contribution in [0.15, 0.2) is 45.8 Å². The number of methoxy groups -OCH3 is 1. The summed E-state index contributed by atoms with van der Waals surface area (Å²) in [5.74, 6) is -0.355. The van der Waals surface area contributed by atoms with Crippen molar-refractivity contribution in [2.24, 2.45) is 0 Å². The molecule has 0 amide bonds. The van der Waals surface area contributed by atoms with Crippen molar-refractivity contribution >= 4 is 35.4 Å². The first-order valence-corrected chi connectivity index (χ1v) is 19.9. The van der Waals surface area contributed by atoms with E-state index in [9.17, 15) is 18.9 Å². The van der Waals surface area contributed by atoms with Gasteiger partial charge in [-0.1, -0.05) is 99.9 Å². The minimum absolute atomic E-state index is 0.0107. The molecule has 1 fully saturated rings. The highest BCUT2D eigenvalue weighted by molar-refractivity contribution is 9.10. The SMILES string of the molecule is CCCCCCCCCCCCCCCC(=O)Cc1ccn([C@@H]2CO[C@H](COP(=O)(N[C@@H](C)C(=O)OC)Oc3ccc(Br)cc3)O2)c(=O)n1. The zero-order valence-electron chi connectivity index (χ0n) is 29.1. The zero-order chi connectivity index (χ0) is 35.5. The van der Waals surface area contributed by atoms with Crippen LogP contribution in [0.3, 0.4) is 0 Å². The molecule has 1 aromatic carbocycles. The van der Waals surface area contributed by atoms with Gasteiger partial charge in [-0.25, -0.2) is 9.36 Å². The van der Waals surface area contributed by atoms with E-state index in [0.29, 0.717) is 12.1 Å². The number of carbonyl (C=O) groups excluding carboxylic acids is 2. The lowest BCUT2D eigenvalue weighted by molar-refractivity contribution is -0.142. The average molecular weight is 771 g/mol. The second kappa shape index (κ2) is 22.4. The summed E-state index contributed by atoms with van der Waals surface area (Å²) in [5, 5.41) is 2.56. The summed E-state index contributed by atoms with van der Waals surface area (Å²) in [4.78, 5) is 41.4. The van der Waals surface area contributed by atoms with Gasteiger partial charge in [-0.3, -0.25) is 18.7 Å². The highest BCUT2D eigenvalue weighted by Gasteiger charge is 2.36. The van der Waals surface area contributed by atoms with Gasteiger partial charge in [-0.2, -0.15) is 10.1 Å². The first kappa shape index (κ1) is 41.0. The van der Waals surface area contributed by atoms with Gasteiger partial charge in [-0.15, -0.1) is 0 Å². The molecule has 49 heavy (non-hydrogen) atoms. The van der Waals surface area contributed by atoms with E-state index in [4.69, 9.17) is 23.3 Å². The van der Waals surface area contributed by atoms with E-state index < -0.39 is 38.0 Å². The number of carbonyl (C=O) groups is 2. The van der Waals surface area contributed by atoms with Crippen LogP contribution in [0, 0.1) is 0 Å². The van der Waals surface area contributed by atoms with Crippen LogP contribution in [0.5, 0.6) is 5.75 Å². The quantitative estimate of drug-likeness (QED) is 0.0600. The van der Waals surface area contributed by atoms with Crippen LogP contribution in [0.1, 0.15) is 116 Å². The van der Waals surface area contributed by atoms with Gasteiger partial charge in [0, 0.05) is 23.5 Å². The van der Waals surface area contributed by atoms with Gasteiger partial charge in [0.1, 0.15) is 24.2 Å². The van der Waals surface area contributed by atoms with Gasteiger partial charge in [0.2, 0.25) is 0 Å². The van der Waals surface area contributed by atoms with Gasteiger partial charge in [0.25, 0.3) is 0 Å². The first-order valence-electron chi connectivity index (χ1n) is 17.5. The lowest BCUT2D eigenvalue weighted by atomic mass is 10.0. The van der Waals surface area contributed by atoms with Crippen LogP contribution in [0.2, 0.25) is 0 Å². The second-order valence-electron chi connectivity index (χ2n) is 12.4. The third-order valence-electron chi connectivity index (χ3n) is 8.20. The molecule has 0 radical (unpaired) electrons. The molecule has 4 atom stereocenters. The maximum atomic E-state index is 13.6. The number of rotatable bonds is 25. The highest BCUT2D eigenvalue weighted by Crippen LogP contribution is 2.45. The molecule has 0 aliphatic carbocycles. The number of esters is 1. The van der Waals surface area contributed by atoms with Crippen LogP contribution in [0.4, 0.5) is 0 Å². The minimum Gasteiger partial charge on any atom is -0.468 e. The third kappa shape index (κ3) is 15.6. The summed E-state index contributed by atoms with van der Waals surface area (Å²) in [5.41, 5.74) is -0.157. The maximum Gasteiger partial charge on any atom is 0.459 e. The summed E-state index contributed by atoms with van der Waals surface area (Å²) in [6.45, 7) is 3.38. The van der Waals surface area contributed by atoms with Crippen molar-refractivity contribution in [3.8, 4) is 5.75 Å². The Morgan fingerprint density at radius 1 is 1.00 bits per heavy atom. The number of halogens is 1. The van der Waals surface area contributed by atoms with E-state index >= 15 is 0 Å². The molecule has 1 aromatic heterocycles. The number of unbranched alkanes of at least 4 members (excludes halogenated alkanes) is 12. The Kier molecular flexibility index (Phi) is 18.8. The molecule has 14 heteroatoms. The Morgan fingerprint density at radius 3 is 2.20 bits per heavy atom. The van der Waals surface area contributed by atoms with E-state index in [1.807, 2.05) is 0 Å². The van der Waals surface area contributed by atoms with Gasteiger partial charge in [-0.05, 0) is 43.7 Å². The van der Waals surface area contributed by atoms with Gasteiger partial charge < -0.3 is 18.7 Å². The van der Waals surface area contributed by atoms with Crippen molar-refractivity contribution in [1.29, 1.82) is 0 Å². The number of benzene rings is 1. The first-order chi connectivity index (χ1) is 23.6. The van der Waals surface area contributed by atoms with E-state index in [0.717, 1.165) is 23.7 Å². The number of hydrogen-bond donors (Lipinski definition) is 1. The molecule has 0 saturated carbocycles. The van der Waals surface area contributed by atoms with Gasteiger partial charge >= 0.3 is 19.4 Å². The molecule has 1 N–H and O–H groups in total. The molecule has 3 rings (SSSR count). The summed E-state index contributed by atoms with van der Waals surface area (Å²) in [7, 11) is -2.90. The third-order valence-corrected chi connectivity index (χ3v) is 10.4. The van der Waals surface area contributed by atoms with E-state index in [-0.39, 0.29) is 31.2 Å². The predicted octanol–water partition coefficient (Wildman–Crippen LogP) is 7.83. The molecule has 12 nitrogen and oxygen atoms in total. The van der Waals surface area contributed by atoms with Crippen molar-refractivity contribution in [1.82, 2.24) is 14.6 Å². The lowest BCUT2D eigenvalue weighted by Crippen LogP contribution is -2.35. The van der Waals surface area contributed by atoms with Crippen LogP contribution < -0.4 is 15.3 Å². The monoisotopic (exact) mass is 769 g/mol. The molecular weight excluding hydrogens is 717 g/mol. The van der Waals surface area contributed by atoms with Crippen LogP contribution in [-0.2, 0) is 39.3 Å². The molecule has 2 heterocycles. The van der Waals surface area contributed by atoms with Crippen LogP contribution >= 0.6 is 23.7 Å². The molecule has 1 aliphatic heterocycles. The minimum atomic E-state index is -4.12. The largest absolute Gasteiger partial charge is 0.468 e. The second-order valence-corrected chi connectivity index (χ2v) is 15.0. The number of nitrogens with one attached hydrogen (secondary N) is 1. The molecule has 1 unspecified atom stereocenters. The fourth-order valence-electron chi connectivity index (χ4n) is 5.42. The summed E-state index contributed by atoms with van der Waals surface area (Å²) >= 11 is 3.33. The van der Waals surface area contributed by atoms with Crippen molar-refractivity contribution < 1.29 is 37.4 Å². The van der Waals surface area contributed by atoms with Crippen molar-refractivity contribution in [2.45, 2.75) is 129 Å². The molecule has 274 valence electrons. The topological polar surface area (TPSA) is 144 Å². The summed E-state index contributed by atoms with van der Waals surface area (Å²) < 4.78 is 43.0. The van der Waals surface area contributed by atoms with E-state index in [1.165, 1.54) is 89.0 Å². The van der Waals surface area contributed by atoms with E-state index in [2.05, 4.69) is 32.9 Å². The number of ketones is 1. The molecule has 0 spiro atoms. The van der Waals surface area contributed by atoms with Crippen molar-refractivity contribution in [3.05, 3.63) is 57.2 Å². The maximum absolute atomic E-state index is 13.6. The lowest BCUT2D eigenvalue weighted by Gasteiger charge is -2.23. The van der Waals surface area contributed by atoms with Crippen LogP contribution in [-0.4, -0.2) is 54.0 Å². The molecule has 1 aliphatic rings. The Hall–Kier alpha value is -2.41. The zero-order valence-corrected chi connectivity index (χ0v) is 31.6. The molecule has 2 aromatic rings. The number of aromatic nitrogens is 2. The van der Waals surface area contributed by atoms with Crippen molar-refractivity contribution in [2.75, 3.05) is 20.3 Å². The number of Topliss-reactive ketones (excluding diaryl/α,β-unsaturated/α-hetero) is 1. The summed E-state index contributed by atoms with van der Waals surface area (Å²) in [6, 6.07) is 7.19. The smallest absolute Gasteiger partial charge is 0.459 e. The fourth-order valence-corrected chi connectivity index (χ4v) is 7.16. The van der Waals surface area contributed by atoms with E-state index in [1.54, 1.807) is 30.3 Å². The molecule has 0 bridgehead atoms. The van der Waals surface area contributed by atoms with Crippen molar-refractivity contribution in [3.63, 3.8) is 0 Å². The predicted molar refractivity (Wildman–Crippen MR) is 190 cm³/mol. The normalized spacial score (nSPS) is 17.8. The molecular formula is C35H53BrN3O9P. The Morgan fingerprint density at radius 2 is 1.61 bits per heavy atom. The number of nitrogens with zero attached hydrogens (tertiary/aromatic N) is 2. The Balaban J connectivity index is 1.39. The number of hydrogen-bond acceptors (Lipinski definition) is 10. The highest BCUT2D eigenvalue weighted by atomic mass is 79.9. The summed E-state index contributed by atoms with van der Waals surface area (Å²) in [6.07, 6.45) is 16.6. The standard InChI is InChI=1S/C35H53BrN3O9P/c1-4-5-6-7-8-9-10-11-12-13-14-15-16-17-30(40)24-29-22-23-39(35(42)37-29)32-25-45-33(47-32)26-46-49(43,38-27(2)34(41)44-3)48-31-20-18-28(36)19-21-31/h18-23,27,32-33H,4-17,24-26H2,1-3H3,(H,38,43)/t27-,32-,33-,49?/m0/s1. The Labute approximate surface area is 298 Å².